The Morgan fingerprint density at radius 1 is 1.18 bits per heavy atom. The normalized spacial score (nSPS) is 13.1. The van der Waals surface area contributed by atoms with Crippen molar-refractivity contribution >= 4 is 52.7 Å². The molecule has 3 aromatic rings. The number of carbonyl (C=O) groups is 2. The molecule has 7 heteroatoms. The monoisotopic (exact) mass is 410 g/mol. The number of quaternary nitrogens is 1. The van der Waals surface area contributed by atoms with Crippen LogP contribution in [0.1, 0.15) is 22.3 Å². The van der Waals surface area contributed by atoms with Crippen molar-refractivity contribution in [1.82, 2.24) is 0 Å². The minimum absolute atomic E-state index is 0.355. The fraction of sp³-hybridized carbons (Fsp3) is 0.143. The van der Waals surface area contributed by atoms with E-state index >= 15 is 0 Å². The number of thiophene rings is 1. The first-order valence-corrected chi connectivity index (χ1v) is 10.7. The topological polar surface area (TPSA) is 68.3 Å². The van der Waals surface area contributed by atoms with Crippen molar-refractivity contribution in [2.75, 3.05) is 15.7 Å². The first-order valence-electron chi connectivity index (χ1n) is 8.98. The van der Waals surface area contributed by atoms with Gasteiger partial charge in [-0.15, -0.1) is 11.3 Å². The summed E-state index contributed by atoms with van der Waals surface area (Å²) in [5, 5.41) is 3.53. The second-order valence-corrected chi connectivity index (χ2v) is 8.35. The third kappa shape index (κ3) is 3.69. The molecule has 1 aromatic heterocycles. The van der Waals surface area contributed by atoms with Crippen molar-refractivity contribution in [3.63, 3.8) is 0 Å². The van der Waals surface area contributed by atoms with E-state index in [1.165, 1.54) is 22.6 Å². The number of nitrogens with zero attached hydrogens (tertiary/aromatic N) is 2. The Labute approximate surface area is 171 Å². The van der Waals surface area contributed by atoms with Gasteiger partial charge in [0.15, 0.2) is 5.69 Å². The maximum Gasteiger partial charge on any atom is 0.271 e. The van der Waals surface area contributed by atoms with Crippen molar-refractivity contribution in [2.24, 2.45) is 0 Å². The highest BCUT2D eigenvalue weighted by Gasteiger charge is 2.23. The molecule has 0 unspecified atom stereocenters. The van der Waals surface area contributed by atoms with E-state index in [9.17, 15) is 9.59 Å². The maximum atomic E-state index is 12.8. The van der Waals surface area contributed by atoms with E-state index in [-0.39, 0.29) is 5.91 Å². The lowest BCUT2D eigenvalue weighted by molar-refractivity contribution is -0.254. The van der Waals surface area contributed by atoms with E-state index in [1.807, 2.05) is 18.2 Å². The van der Waals surface area contributed by atoms with Gasteiger partial charge in [-0.2, -0.15) is 0 Å². The van der Waals surface area contributed by atoms with Gasteiger partial charge in [-0.1, -0.05) is 24.3 Å². The summed E-state index contributed by atoms with van der Waals surface area (Å²) >= 11 is 3.03. The number of carbonyl (C=O) groups excluding carboxylic acids is 2. The van der Waals surface area contributed by atoms with E-state index < -0.39 is 0 Å². The van der Waals surface area contributed by atoms with Crippen LogP contribution in [0.2, 0.25) is 0 Å². The molecule has 0 atom stereocenters. The Morgan fingerprint density at radius 2 is 2.04 bits per heavy atom. The van der Waals surface area contributed by atoms with Crippen LogP contribution in [0.3, 0.4) is 0 Å². The molecular formula is C21H20N3O2S2+. The Balaban J connectivity index is 1.59. The summed E-state index contributed by atoms with van der Waals surface area (Å²) in [5.74, 6) is -0.355. The number of imide groups is 1. The molecule has 5 nitrogen and oxygen atoms in total. The molecule has 0 radical (unpaired) electrons. The van der Waals surface area contributed by atoms with Gasteiger partial charge in [0.25, 0.3) is 5.91 Å². The Bertz CT molecular complexity index is 1020. The van der Waals surface area contributed by atoms with Crippen molar-refractivity contribution in [3.8, 4) is 0 Å². The van der Waals surface area contributed by atoms with Crippen molar-refractivity contribution in [3.05, 3.63) is 70.4 Å². The largest absolute Gasteiger partial charge is 0.324 e. The molecule has 0 saturated heterocycles. The molecule has 0 fully saturated rings. The quantitative estimate of drug-likeness (QED) is 0.512. The Morgan fingerprint density at radius 3 is 2.82 bits per heavy atom. The molecule has 0 saturated carbocycles. The molecule has 142 valence electrons. The van der Waals surface area contributed by atoms with E-state index in [0.29, 0.717) is 23.3 Å². The van der Waals surface area contributed by atoms with Gasteiger partial charge >= 0.3 is 0 Å². The number of hydrogen-bond acceptors (Lipinski definition) is 5. The van der Waals surface area contributed by atoms with Gasteiger partial charge in [-0.05, 0) is 54.6 Å². The summed E-state index contributed by atoms with van der Waals surface area (Å²) in [5.41, 5.74) is 8.09. The van der Waals surface area contributed by atoms with Crippen LogP contribution in [0.25, 0.3) is 0 Å². The third-order valence-electron chi connectivity index (χ3n) is 4.68. The van der Waals surface area contributed by atoms with Gasteiger partial charge in [-0.25, -0.2) is 4.90 Å². The molecule has 0 aliphatic carbocycles. The highest BCUT2D eigenvalue weighted by molar-refractivity contribution is 8.00. The van der Waals surface area contributed by atoms with E-state index in [4.69, 9.17) is 0 Å². The SMILES string of the molecule is [NH3+]c1cscc1C(=O)N(C=O)c1cccc(SN2CCCc3ccccc32)c1. The zero-order chi connectivity index (χ0) is 19.5. The lowest BCUT2D eigenvalue weighted by Gasteiger charge is -2.30. The van der Waals surface area contributed by atoms with Crippen LogP contribution in [0.5, 0.6) is 0 Å². The summed E-state index contributed by atoms with van der Waals surface area (Å²) in [4.78, 5) is 26.6. The second-order valence-electron chi connectivity index (χ2n) is 6.51. The number of fused-ring (bicyclic) bond motifs is 1. The molecular weight excluding hydrogens is 390 g/mol. The molecule has 3 N–H and O–H groups in total. The number of anilines is 2. The van der Waals surface area contributed by atoms with Crippen LogP contribution in [0, 0.1) is 0 Å². The lowest BCUT2D eigenvalue weighted by atomic mass is 10.0. The zero-order valence-corrected chi connectivity index (χ0v) is 16.8. The highest BCUT2D eigenvalue weighted by atomic mass is 32.2. The summed E-state index contributed by atoms with van der Waals surface area (Å²) in [6.07, 6.45) is 2.77. The highest BCUT2D eigenvalue weighted by Crippen LogP contribution is 2.36. The summed E-state index contributed by atoms with van der Waals surface area (Å²) in [6.45, 7) is 0.960. The number of benzene rings is 2. The average Bonchev–Trinajstić information content (AvgIpc) is 3.15. The molecule has 2 heterocycles. The van der Waals surface area contributed by atoms with Crippen molar-refractivity contribution in [2.45, 2.75) is 17.7 Å². The molecule has 1 aliphatic heterocycles. The van der Waals surface area contributed by atoms with Gasteiger partial charge in [0.1, 0.15) is 5.56 Å². The van der Waals surface area contributed by atoms with Gasteiger partial charge in [-0.3, -0.25) is 9.59 Å². The molecule has 0 bridgehead atoms. The maximum absolute atomic E-state index is 12.8. The summed E-state index contributed by atoms with van der Waals surface area (Å²) < 4.78 is 2.28. The first kappa shape index (κ1) is 18.7. The number of hydrogen-bond donors (Lipinski definition) is 1. The zero-order valence-electron chi connectivity index (χ0n) is 15.2. The predicted molar refractivity (Wildman–Crippen MR) is 114 cm³/mol. The summed E-state index contributed by atoms with van der Waals surface area (Å²) in [7, 11) is 0. The Hall–Kier alpha value is -2.61. The van der Waals surface area contributed by atoms with E-state index in [0.717, 1.165) is 29.2 Å². The first-order chi connectivity index (χ1) is 13.7. The van der Waals surface area contributed by atoms with Gasteiger partial charge in [0.2, 0.25) is 6.41 Å². The van der Waals surface area contributed by atoms with Crippen LogP contribution in [-0.4, -0.2) is 18.9 Å². The van der Waals surface area contributed by atoms with E-state index in [2.05, 4.69) is 34.3 Å². The number of rotatable bonds is 5. The fourth-order valence-electron chi connectivity index (χ4n) is 3.28. The number of aryl methyl sites for hydroxylation is 1. The van der Waals surface area contributed by atoms with Crippen molar-refractivity contribution < 1.29 is 15.3 Å². The van der Waals surface area contributed by atoms with Crippen molar-refractivity contribution in [1.29, 1.82) is 0 Å². The predicted octanol–water partition coefficient (Wildman–Crippen LogP) is 3.88. The molecule has 1 aliphatic rings. The van der Waals surface area contributed by atoms with Crippen LogP contribution >= 0.6 is 23.3 Å². The van der Waals surface area contributed by atoms with Gasteiger partial charge in [0.05, 0.1) is 16.8 Å². The van der Waals surface area contributed by atoms with Crippen LogP contribution in [-0.2, 0) is 11.2 Å². The smallest absolute Gasteiger partial charge is 0.271 e. The molecule has 0 spiro atoms. The second kappa shape index (κ2) is 8.18. The molecule has 2 aromatic carbocycles. The van der Waals surface area contributed by atoms with Crippen LogP contribution < -0.4 is 14.9 Å². The number of para-hydroxylation sites is 1. The van der Waals surface area contributed by atoms with E-state index in [1.54, 1.807) is 28.8 Å². The average molecular weight is 411 g/mol. The minimum atomic E-state index is -0.355. The minimum Gasteiger partial charge on any atom is -0.324 e. The fourth-order valence-corrected chi connectivity index (χ4v) is 5.09. The Kier molecular flexibility index (Phi) is 5.47. The number of amides is 2. The molecule has 28 heavy (non-hydrogen) atoms. The van der Waals surface area contributed by atoms with Gasteiger partial charge in [0, 0.05) is 16.8 Å². The lowest BCUT2D eigenvalue weighted by Crippen LogP contribution is -2.42. The van der Waals surface area contributed by atoms with Crippen LogP contribution in [0.15, 0.2) is 64.2 Å². The summed E-state index contributed by atoms with van der Waals surface area (Å²) in [6, 6.07) is 16.0. The molecule has 2 amide bonds. The standard InChI is InChI=1S/C21H19N3O2S2/c22-19-13-27-12-18(19)21(26)23(14-25)16-7-3-8-17(11-16)28-24-10-4-6-15-5-1-2-9-20(15)24/h1-3,5,7-9,11-14H,4,6,10,22H2/p+1. The third-order valence-corrected chi connectivity index (χ3v) is 6.53. The molecule has 4 rings (SSSR count). The van der Waals surface area contributed by atoms with Gasteiger partial charge < -0.3 is 10.0 Å². The van der Waals surface area contributed by atoms with Crippen LogP contribution in [0.4, 0.5) is 17.1 Å².